The molecule has 0 radical (unpaired) electrons. The molecule has 6 heteroatoms. The first-order valence-electron chi connectivity index (χ1n) is 10.3. The number of carbonyl (C=O) groups is 1. The molecular weight excluding hydrogens is 383 g/mol. The normalized spacial score (nSPS) is 14.7. The number of carbonyl (C=O) groups excluding carboxylic acids is 1. The zero-order valence-corrected chi connectivity index (χ0v) is 17.0. The number of aryl methyl sites for hydroxylation is 1. The molecule has 0 unspecified atom stereocenters. The van der Waals surface area contributed by atoms with E-state index in [1.54, 1.807) is 19.1 Å². The SMILES string of the molecule is Cc1onc(C(=O)N2CCC(Cc3ccccc3)CC2)c1COc1ccc(F)cc1. The van der Waals surface area contributed by atoms with Crippen molar-refractivity contribution in [2.75, 3.05) is 13.1 Å². The highest BCUT2D eigenvalue weighted by Crippen LogP contribution is 2.25. The maximum Gasteiger partial charge on any atom is 0.276 e. The van der Waals surface area contributed by atoms with E-state index in [4.69, 9.17) is 9.26 Å². The van der Waals surface area contributed by atoms with Crippen LogP contribution in [0.25, 0.3) is 0 Å². The van der Waals surface area contributed by atoms with Gasteiger partial charge in [0.2, 0.25) is 0 Å². The van der Waals surface area contributed by atoms with Gasteiger partial charge in [-0.3, -0.25) is 4.79 Å². The van der Waals surface area contributed by atoms with Gasteiger partial charge in [0, 0.05) is 13.1 Å². The smallest absolute Gasteiger partial charge is 0.276 e. The molecule has 2 heterocycles. The number of amides is 1. The summed E-state index contributed by atoms with van der Waals surface area (Å²) in [5.74, 6) is 1.21. The van der Waals surface area contributed by atoms with Crippen LogP contribution in [0.3, 0.4) is 0 Å². The van der Waals surface area contributed by atoms with E-state index in [-0.39, 0.29) is 18.3 Å². The number of benzene rings is 2. The minimum Gasteiger partial charge on any atom is -0.489 e. The van der Waals surface area contributed by atoms with Crippen molar-refractivity contribution in [1.82, 2.24) is 10.1 Å². The number of piperidine rings is 1. The molecular formula is C24H25FN2O3. The molecule has 30 heavy (non-hydrogen) atoms. The van der Waals surface area contributed by atoms with E-state index in [1.165, 1.54) is 17.7 Å². The van der Waals surface area contributed by atoms with Crippen LogP contribution in [0.4, 0.5) is 4.39 Å². The van der Waals surface area contributed by atoms with Gasteiger partial charge in [-0.2, -0.15) is 0 Å². The van der Waals surface area contributed by atoms with E-state index in [0.29, 0.717) is 41.8 Å². The van der Waals surface area contributed by atoms with E-state index in [0.717, 1.165) is 19.3 Å². The summed E-state index contributed by atoms with van der Waals surface area (Å²) in [6.07, 6.45) is 2.99. The molecule has 0 aliphatic carbocycles. The second-order valence-corrected chi connectivity index (χ2v) is 7.73. The molecule has 1 amide bonds. The molecule has 0 spiro atoms. The van der Waals surface area contributed by atoms with Crippen LogP contribution in [0.5, 0.6) is 5.75 Å². The highest BCUT2D eigenvalue weighted by atomic mass is 19.1. The summed E-state index contributed by atoms with van der Waals surface area (Å²) in [6, 6.07) is 16.2. The van der Waals surface area contributed by atoms with Crippen molar-refractivity contribution in [1.29, 1.82) is 0 Å². The monoisotopic (exact) mass is 408 g/mol. The summed E-state index contributed by atoms with van der Waals surface area (Å²) in [4.78, 5) is 14.9. The molecule has 0 N–H and O–H groups in total. The highest BCUT2D eigenvalue weighted by molar-refractivity contribution is 5.93. The van der Waals surface area contributed by atoms with E-state index in [2.05, 4.69) is 29.4 Å². The van der Waals surface area contributed by atoms with Gasteiger partial charge < -0.3 is 14.2 Å². The van der Waals surface area contributed by atoms with Crippen LogP contribution in [-0.2, 0) is 13.0 Å². The van der Waals surface area contributed by atoms with Crippen LogP contribution in [0.2, 0.25) is 0 Å². The second kappa shape index (κ2) is 9.11. The summed E-state index contributed by atoms with van der Waals surface area (Å²) in [5, 5.41) is 4.00. The molecule has 156 valence electrons. The van der Waals surface area contributed by atoms with Crippen molar-refractivity contribution in [3.63, 3.8) is 0 Å². The zero-order chi connectivity index (χ0) is 20.9. The third-order valence-corrected chi connectivity index (χ3v) is 5.65. The van der Waals surface area contributed by atoms with Crippen molar-refractivity contribution in [2.45, 2.75) is 32.8 Å². The van der Waals surface area contributed by atoms with Crippen LogP contribution in [0.15, 0.2) is 59.1 Å². The average molecular weight is 408 g/mol. The Kier molecular flexibility index (Phi) is 6.12. The molecule has 4 rings (SSSR count). The fourth-order valence-corrected chi connectivity index (χ4v) is 3.85. The minimum atomic E-state index is -0.324. The maximum absolute atomic E-state index is 13.1. The van der Waals surface area contributed by atoms with Crippen molar-refractivity contribution in [2.24, 2.45) is 5.92 Å². The van der Waals surface area contributed by atoms with E-state index >= 15 is 0 Å². The number of aromatic nitrogens is 1. The molecule has 2 aromatic carbocycles. The fraction of sp³-hybridized carbons (Fsp3) is 0.333. The Bertz CT molecular complexity index is 977. The summed E-state index contributed by atoms with van der Waals surface area (Å²) >= 11 is 0. The molecule has 0 atom stereocenters. The van der Waals surface area contributed by atoms with E-state index in [9.17, 15) is 9.18 Å². The average Bonchev–Trinajstić information content (AvgIpc) is 3.14. The molecule has 3 aromatic rings. The number of rotatable bonds is 6. The Morgan fingerprint density at radius 2 is 1.83 bits per heavy atom. The lowest BCUT2D eigenvalue weighted by Gasteiger charge is -2.31. The minimum absolute atomic E-state index is 0.122. The van der Waals surface area contributed by atoms with Crippen molar-refractivity contribution >= 4 is 5.91 Å². The summed E-state index contributed by atoms with van der Waals surface area (Å²) < 4.78 is 24.0. The predicted molar refractivity (Wildman–Crippen MR) is 111 cm³/mol. The maximum atomic E-state index is 13.1. The molecule has 5 nitrogen and oxygen atoms in total. The molecule has 1 aliphatic rings. The summed E-state index contributed by atoms with van der Waals surface area (Å²) in [5.41, 5.74) is 2.28. The van der Waals surface area contributed by atoms with Crippen molar-refractivity contribution in [3.05, 3.63) is 83.0 Å². The molecule has 1 aliphatic heterocycles. The lowest BCUT2D eigenvalue weighted by molar-refractivity contribution is 0.0677. The molecule has 0 saturated carbocycles. The molecule has 0 bridgehead atoms. The van der Waals surface area contributed by atoms with Gasteiger partial charge in [0.25, 0.3) is 5.91 Å². The number of likely N-dealkylation sites (tertiary alicyclic amines) is 1. The van der Waals surface area contributed by atoms with Gasteiger partial charge in [-0.25, -0.2) is 4.39 Å². The molecule has 1 fully saturated rings. The Morgan fingerprint density at radius 3 is 2.53 bits per heavy atom. The van der Waals surface area contributed by atoms with Crippen molar-refractivity contribution < 1.29 is 18.4 Å². The van der Waals surface area contributed by atoms with Gasteiger partial charge >= 0.3 is 0 Å². The predicted octanol–water partition coefficient (Wildman–Crippen LogP) is 4.80. The van der Waals surface area contributed by atoms with Crippen LogP contribution < -0.4 is 4.74 Å². The number of ether oxygens (including phenoxy) is 1. The summed E-state index contributed by atoms with van der Waals surface area (Å²) in [6.45, 7) is 3.33. The quantitative estimate of drug-likeness (QED) is 0.588. The first-order chi connectivity index (χ1) is 14.6. The van der Waals surface area contributed by atoms with Crippen LogP contribution in [0, 0.1) is 18.7 Å². The van der Waals surface area contributed by atoms with Gasteiger partial charge in [-0.05, 0) is 61.9 Å². The topological polar surface area (TPSA) is 55.6 Å². The van der Waals surface area contributed by atoms with E-state index in [1.807, 2.05) is 11.0 Å². The van der Waals surface area contributed by atoms with Crippen LogP contribution >= 0.6 is 0 Å². The second-order valence-electron chi connectivity index (χ2n) is 7.73. The first-order valence-corrected chi connectivity index (χ1v) is 10.3. The fourth-order valence-electron chi connectivity index (χ4n) is 3.85. The molecule has 1 saturated heterocycles. The standard InChI is InChI=1S/C24H25FN2O3/c1-17-22(16-29-21-9-7-20(25)8-10-21)23(26-30-17)24(28)27-13-11-19(12-14-27)15-18-5-3-2-4-6-18/h2-10,19H,11-16H2,1H3. The van der Waals surface area contributed by atoms with Crippen LogP contribution in [0.1, 0.15) is 40.2 Å². The Balaban J connectivity index is 1.36. The number of hydrogen-bond acceptors (Lipinski definition) is 4. The summed E-state index contributed by atoms with van der Waals surface area (Å²) in [7, 11) is 0. The lowest BCUT2D eigenvalue weighted by atomic mass is 9.90. The number of halogens is 1. The first kappa shape index (κ1) is 20.1. The molecule has 1 aromatic heterocycles. The highest BCUT2D eigenvalue weighted by Gasteiger charge is 2.28. The number of nitrogens with zero attached hydrogens (tertiary/aromatic N) is 2. The van der Waals surface area contributed by atoms with Gasteiger partial charge in [0.1, 0.15) is 23.9 Å². The Hall–Kier alpha value is -3.15. The van der Waals surface area contributed by atoms with Crippen LogP contribution in [-0.4, -0.2) is 29.1 Å². The van der Waals surface area contributed by atoms with Gasteiger partial charge in [0.15, 0.2) is 5.69 Å². The number of hydrogen-bond donors (Lipinski definition) is 0. The van der Waals surface area contributed by atoms with Gasteiger partial charge in [0.05, 0.1) is 5.56 Å². The third-order valence-electron chi connectivity index (χ3n) is 5.65. The largest absolute Gasteiger partial charge is 0.489 e. The van der Waals surface area contributed by atoms with Gasteiger partial charge in [-0.15, -0.1) is 0 Å². The lowest BCUT2D eigenvalue weighted by Crippen LogP contribution is -2.39. The van der Waals surface area contributed by atoms with Crippen molar-refractivity contribution in [3.8, 4) is 5.75 Å². The zero-order valence-electron chi connectivity index (χ0n) is 17.0. The van der Waals surface area contributed by atoms with E-state index < -0.39 is 0 Å². The van der Waals surface area contributed by atoms with Gasteiger partial charge in [-0.1, -0.05) is 35.5 Å². The third kappa shape index (κ3) is 4.70. The Labute approximate surface area is 175 Å². The Morgan fingerprint density at radius 1 is 1.13 bits per heavy atom.